The molecule has 0 saturated carbocycles. The van der Waals surface area contributed by atoms with Crippen LogP contribution in [0.25, 0.3) is 10.9 Å². The smallest absolute Gasteiger partial charge is 0.239 e. The lowest BCUT2D eigenvalue weighted by Gasteiger charge is -2.39. The van der Waals surface area contributed by atoms with E-state index in [0.29, 0.717) is 19.8 Å². The summed E-state index contributed by atoms with van der Waals surface area (Å²) in [6.07, 6.45) is 0.805. The van der Waals surface area contributed by atoms with E-state index in [9.17, 15) is 4.79 Å². The van der Waals surface area contributed by atoms with Gasteiger partial charge in [-0.3, -0.25) is 9.69 Å². The number of aromatic amines is 1. The van der Waals surface area contributed by atoms with E-state index >= 15 is 0 Å². The maximum absolute atomic E-state index is 12.5. The SMILES string of the molecule is CC(C)(C(=O)NCCc1cc2ccccc2[nH]1)N1CCOCC1. The van der Waals surface area contributed by atoms with Crippen LogP contribution in [0.4, 0.5) is 0 Å². The Bertz CT molecular complexity index is 639. The van der Waals surface area contributed by atoms with E-state index in [2.05, 4.69) is 33.4 Å². The van der Waals surface area contributed by atoms with Crippen LogP contribution < -0.4 is 5.32 Å². The average Bonchev–Trinajstić information content (AvgIpc) is 2.98. The van der Waals surface area contributed by atoms with Crippen molar-refractivity contribution in [3.8, 4) is 0 Å². The van der Waals surface area contributed by atoms with Gasteiger partial charge in [-0.25, -0.2) is 0 Å². The molecule has 1 fully saturated rings. The number of para-hydroxylation sites is 1. The second-order valence-electron chi connectivity index (χ2n) is 6.55. The first-order chi connectivity index (χ1) is 11.1. The highest BCUT2D eigenvalue weighted by molar-refractivity contribution is 5.85. The van der Waals surface area contributed by atoms with E-state index in [4.69, 9.17) is 4.74 Å². The molecule has 1 aliphatic rings. The number of aromatic nitrogens is 1. The fraction of sp³-hybridized carbons (Fsp3) is 0.500. The molecule has 0 bridgehead atoms. The monoisotopic (exact) mass is 315 g/mol. The molecule has 0 radical (unpaired) electrons. The van der Waals surface area contributed by atoms with Crippen LogP contribution in [0, 0.1) is 0 Å². The first kappa shape index (κ1) is 16.0. The van der Waals surface area contributed by atoms with Crippen LogP contribution in [0.1, 0.15) is 19.5 Å². The summed E-state index contributed by atoms with van der Waals surface area (Å²) in [5, 5.41) is 4.28. The lowest BCUT2D eigenvalue weighted by molar-refractivity contribution is -0.134. The van der Waals surface area contributed by atoms with Crippen molar-refractivity contribution < 1.29 is 9.53 Å². The maximum atomic E-state index is 12.5. The molecule has 3 rings (SSSR count). The summed E-state index contributed by atoms with van der Waals surface area (Å²) >= 11 is 0. The van der Waals surface area contributed by atoms with Crippen molar-refractivity contribution in [2.45, 2.75) is 25.8 Å². The molecule has 2 heterocycles. The van der Waals surface area contributed by atoms with E-state index < -0.39 is 5.54 Å². The second-order valence-corrected chi connectivity index (χ2v) is 6.55. The third-order valence-corrected chi connectivity index (χ3v) is 4.62. The van der Waals surface area contributed by atoms with Crippen molar-refractivity contribution >= 4 is 16.8 Å². The van der Waals surface area contributed by atoms with Crippen LogP contribution in [0.2, 0.25) is 0 Å². The number of carbonyl (C=O) groups excluding carboxylic acids is 1. The van der Waals surface area contributed by atoms with Crippen LogP contribution in [0.3, 0.4) is 0 Å². The molecule has 5 heteroatoms. The number of benzene rings is 1. The van der Waals surface area contributed by atoms with Gasteiger partial charge in [0.15, 0.2) is 0 Å². The number of fused-ring (bicyclic) bond motifs is 1. The first-order valence-corrected chi connectivity index (χ1v) is 8.25. The van der Waals surface area contributed by atoms with Gasteiger partial charge in [-0.1, -0.05) is 18.2 Å². The standard InChI is InChI=1S/C18H25N3O2/c1-18(2,21-9-11-23-12-10-21)17(22)19-8-7-15-13-14-5-3-4-6-16(14)20-15/h3-6,13,20H,7-12H2,1-2H3,(H,19,22). The van der Waals surface area contributed by atoms with Crippen molar-refractivity contribution in [1.29, 1.82) is 0 Å². The third kappa shape index (κ3) is 3.57. The molecule has 0 unspecified atom stereocenters. The highest BCUT2D eigenvalue weighted by Gasteiger charge is 2.35. The number of nitrogens with zero attached hydrogens (tertiary/aromatic N) is 1. The number of amides is 1. The molecule has 124 valence electrons. The first-order valence-electron chi connectivity index (χ1n) is 8.25. The predicted octanol–water partition coefficient (Wildman–Crippen LogP) is 1.94. The number of rotatable bonds is 5. The Morgan fingerprint density at radius 2 is 2.04 bits per heavy atom. The number of nitrogens with one attached hydrogen (secondary N) is 2. The fourth-order valence-corrected chi connectivity index (χ4v) is 3.06. The third-order valence-electron chi connectivity index (χ3n) is 4.62. The lowest BCUT2D eigenvalue weighted by Crippen LogP contribution is -2.58. The van der Waals surface area contributed by atoms with Crippen molar-refractivity contribution in [2.75, 3.05) is 32.8 Å². The molecule has 1 amide bonds. The molecule has 1 saturated heterocycles. The van der Waals surface area contributed by atoms with Gasteiger partial charge in [0.1, 0.15) is 0 Å². The zero-order valence-corrected chi connectivity index (χ0v) is 13.9. The summed E-state index contributed by atoms with van der Waals surface area (Å²) in [7, 11) is 0. The molecule has 1 aromatic carbocycles. The van der Waals surface area contributed by atoms with Crippen LogP contribution >= 0.6 is 0 Å². The Balaban J connectivity index is 1.53. The molecule has 0 aliphatic carbocycles. The van der Waals surface area contributed by atoms with E-state index in [1.54, 1.807) is 0 Å². The number of morpholine rings is 1. The van der Waals surface area contributed by atoms with E-state index in [1.165, 1.54) is 5.39 Å². The largest absolute Gasteiger partial charge is 0.379 e. The quantitative estimate of drug-likeness (QED) is 0.886. The Morgan fingerprint density at radius 3 is 2.78 bits per heavy atom. The maximum Gasteiger partial charge on any atom is 0.239 e. The average molecular weight is 315 g/mol. The fourth-order valence-electron chi connectivity index (χ4n) is 3.06. The topological polar surface area (TPSA) is 57.4 Å². The molecule has 0 spiro atoms. The lowest BCUT2D eigenvalue weighted by atomic mass is 10.0. The van der Waals surface area contributed by atoms with Crippen molar-refractivity contribution in [3.63, 3.8) is 0 Å². The Morgan fingerprint density at radius 1 is 1.30 bits per heavy atom. The molecule has 1 aromatic heterocycles. The second kappa shape index (κ2) is 6.72. The molecule has 1 aliphatic heterocycles. The normalized spacial score (nSPS) is 16.6. The van der Waals surface area contributed by atoms with Crippen LogP contribution in [-0.4, -0.2) is 54.2 Å². The summed E-state index contributed by atoms with van der Waals surface area (Å²) in [6.45, 7) is 7.62. The van der Waals surface area contributed by atoms with Gasteiger partial charge in [0, 0.05) is 37.3 Å². The number of hydrogen-bond donors (Lipinski definition) is 2. The van der Waals surface area contributed by atoms with E-state index in [1.807, 2.05) is 26.0 Å². The summed E-state index contributed by atoms with van der Waals surface area (Å²) in [4.78, 5) is 18.1. The van der Waals surface area contributed by atoms with Crippen molar-refractivity contribution in [3.05, 3.63) is 36.0 Å². The Hall–Kier alpha value is -1.85. The minimum Gasteiger partial charge on any atom is -0.379 e. The number of ether oxygens (including phenoxy) is 1. The van der Waals surface area contributed by atoms with Crippen molar-refractivity contribution in [1.82, 2.24) is 15.2 Å². The molecular weight excluding hydrogens is 290 g/mol. The molecular formula is C18H25N3O2. The van der Waals surface area contributed by atoms with E-state index in [0.717, 1.165) is 30.7 Å². The van der Waals surface area contributed by atoms with Crippen molar-refractivity contribution in [2.24, 2.45) is 0 Å². The zero-order valence-electron chi connectivity index (χ0n) is 13.9. The summed E-state index contributed by atoms with van der Waals surface area (Å²) < 4.78 is 5.36. The molecule has 2 N–H and O–H groups in total. The van der Waals surface area contributed by atoms with Gasteiger partial charge in [-0.2, -0.15) is 0 Å². The van der Waals surface area contributed by atoms with E-state index in [-0.39, 0.29) is 5.91 Å². The van der Waals surface area contributed by atoms with Gasteiger partial charge < -0.3 is 15.0 Å². The van der Waals surface area contributed by atoms with Crippen LogP contribution in [0.15, 0.2) is 30.3 Å². The number of hydrogen-bond acceptors (Lipinski definition) is 3. The van der Waals surface area contributed by atoms with Gasteiger partial charge in [0.05, 0.1) is 18.8 Å². The number of H-pyrrole nitrogens is 1. The molecule has 0 atom stereocenters. The molecule has 5 nitrogen and oxygen atoms in total. The van der Waals surface area contributed by atoms with Gasteiger partial charge in [-0.15, -0.1) is 0 Å². The molecule has 2 aromatic rings. The highest BCUT2D eigenvalue weighted by atomic mass is 16.5. The summed E-state index contributed by atoms with van der Waals surface area (Å²) in [5.41, 5.74) is 1.79. The minimum absolute atomic E-state index is 0.0792. The van der Waals surface area contributed by atoms with Crippen LogP contribution in [0.5, 0.6) is 0 Å². The zero-order chi connectivity index (χ0) is 16.3. The van der Waals surface area contributed by atoms with Crippen LogP contribution in [-0.2, 0) is 16.0 Å². The van der Waals surface area contributed by atoms with Gasteiger partial charge in [-0.05, 0) is 31.4 Å². The number of carbonyl (C=O) groups is 1. The minimum atomic E-state index is -0.496. The predicted molar refractivity (Wildman–Crippen MR) is 91.5 cm³/mol. The Labute approximate surface area is 137 Å². The van der Waals surface area contributed by atoms with Gasteiger partial charge in [0.25, 0.3) is 0 Å². The highest BCUT2D eigenvalue weighted by Crippen LogP contribution is 2.17. The summed E-state index contributed by atoms with van der Waals surface area (Å²) in [5.74, 6) is 0.0792. The Kier molecular flexibility index (Phi) is 4.68. The van der Waals surface area contributed by atoms with Gasteiger partial charge >= 0.3 is 0 Å². The molecule has 23 heavy (non-hydrogen) atoms. The van der Waals surface area contributed by atoms with Gasteiger partial charge in [0.2, 0.25) is 5.91 Å². The summed E-state index contributed by atoms with van der Waals surface area (Å²) in [6, 6.07) is 10.4.